The van der Waals surface area contributed by atoms with Gasteiger partial charge in [-0.05, 0) is 25.0 Å². The summed E-state index contributed by atoms with van der Waals surface area (Å²) in [5.41, 5.74) is 0.663. The van der Waals surface area contributed by atoms with E-state index < -0.39 is 5.97 Å². The predicted molar refractivity (Wildman–Crippen MR) is 66.0 cm³/mol. The predicted octanol–water partition coefficient (Wildman–Crippen LogP) is 1.64. The smallest absolute Gasteiger partial charge is 0.336 e. The maximum atomic E-state index is 11.0. The van der Waals surface area contributed by atoms with E-state index in [9.17, 15) is 9.90 Å². The van der Waals surface area contributed by atoms with Gasteiger partial charge in [-0.3, -0.25) is 0 Å². The average Bonchev–Trinajstić information content (AvgIpc) is 2.36. The van der Waals surface area contributed by atoms with Crippen LogP contribution in [-0.4, -0.2) is 28.3 Å². The van der Waals surface area contributed by atoms with Gasteiger partial charge in [0.25, 0.3) is 0 Å². The first-order valence-corrected chi connectivity index (χ1v) is 5.69. The molecule has 1 aromatic rings. The van der Waals surface area contributed by atoms with Crippen molar-refractivity contribution >= 4 is 5.97 Å². The van der Waals surface area contributed by atoms with E-state index in [0.29, 0.717) is 12.1 Å². The highest BCUT2D eigenvalue weighted by atomic mass is 16.4. The summed E-state index contributed by atoms with van der Waals surface area (Å²) in [6, 6.07) is 6.88. The Bertz CT molecular complexity index is 386. The molecule has 1 rings (SSSR count). The molecule has 0 amide bonds. The van der Waals surface area contributed by atoms with Crippen molar-refractivity contribution in [1.82, 2.24) is 5.32 Å². The minimum absolute atomic E-state index is 0.0265. The molecule has 4 nitrogen and oxygen atoms in total. The normalized spacial score (nSPS) is 14.3. The van der Waals surface area contributed by atoms with Crippen LogP contribution >= 0.6 is 0 Å². The van der Waals surface area contributed by atoms with Crippen LogP contribution in [0, 0.1) is 0 Å². The van der Waals surface area contributed by atoms with Gasteiger partial charge in [-0.1, -0.05) is 25.1 Å². The molecule has 0 saturated heterocycles. The first kappa shape index (κ1) is 13.7. The quantitative estimate of drug-likeness (QED) is 0.703. The fourth-order valence-electron chi connectivity index (χ4n) is 1.48. The molecule has 94 valence electrons. The van der Waals surface area contributed by atoms with Gasteiger partial charge >= 0.3 is 5.97 Å². The van der Waals surface area contributed by atoms with Gasteiger partial charge in [-0.2, -0.15) is 0 Å². The van der Waals surface area contributed by atoms with Crippen LogP contribution in [0.5, 0.6) is 0 Å². The molecular formula is C13H19NO3. The minimum Gasteiger partial charge on any atom is -0.478 e. The van der Waals surface area contributed by atoms with Crippen LogP contribution < -0.4 is 5.32 Å². The number of nitrogens with one attached hydrogen (secondary N) is 1. The highest BCUT2D eigenvalue weighted by molar-refractivity contribution is 5.89. The van der Waals surface area contributed by atoms with Crippen molar-refractivity contribution in [3.8, 4) is 0 Å². The molecule has 0 heterocycles. The van der Waals surface area contributed by atoms with Gasteiger partial charge in [-0.15, -0.1) is 0 Å². The Balaban J connectivity index is 2.79. The molecule has 1 unspecified atom stereocenters. The summed E-state index contributed by atoms with van der Waals surface area (Å²) >= 11 is 0. The second kappa shape index (κ2) is 5.80. The molecule has 0 aromatic heterocycles. The lowest BCUT2D eigenvalue weighted by molar-refractivity contribution is 0.0695. The lowest BCUT2D eigenvalue weighted by Crippen LogP contribution is -2.44. The molecule has 0 spiro atoms. The SMILES string of the molecule is CCC(C)(CO)NCc1ccccc1C(=O)O. The molecule has 0 aliphatic carbocycles. The fraction of sp³-hybridized carbons (Fsp3) is 0.462. The van der Waals surface area contributed by atoms with Crippen LogP contribution in [-0.2, 0) is 6.54 Å². The number of carboxylic acids is 1. The summed E-state index contributed by atoms with van der Waals surface area (Å²) < 4.78 is 0. The van der Waals surface area contributed by atoms with Gasteiger partial charge in [0, 0.05) is 12.1 Å². The monoisotopic (exact) mass is 237 g/mol. The van der Waals surface area contributed by atoms with E-state index in [0.717, 1.165) is 12.0 Å². The molecule has 1 atom stereocenters. The molecule has 17 heavy (non-hydrogen) atoms. The molecule has 0 aliphatic heterocycles. The van der Waals surface area contributed by atoms with Crippen molar-refractivity contribution in [3.63, 3.8) is 0 Å². The zero-order valence-electron chi connectivity index (χ0n) is 10.2. The Morgan fingerprint density at radius 1 is 1.41 bits per heavy atom. The molecule has 0 fully saturated rings. The second-order valence-corrected chi connectivity index (χ2v) is 4.39. The first-order valence-electron chi connectivity index (χ1n) is 5.69. The molecule has 4 heteroatoms. The highest BCUT2D eigenvalue weighted by Crippen LogP contribution is 2.13. The van der Waals surface area contributed by atoms with Gasteiger partial charge in [-0.25, -0.2) is 4.79 Å². The standard InChI is InChI=1S/C13H19NO3/c1-3-13(2,9-15)14-8-10-6-4-5-7-11(10)12(16)17/h4-7,14-15H,3,8-9H2,1-2H3,(H,16,17). The van der Waals surface area contributed by atoms with Crippen LogP contribution in [0.15, 0.2) is 24.3 Å². The third-order valence-electron chi connectivity index (χ3n) is 3.08. The summed E-state index contributed by atoms with van der Waals surface area (Å²) in [7, 11) is 0. The van der Waals surface area contributed by atoms with Crippen molar-refractivity contribution in [2.45, 2.75) is 32.4 Å². The van der Waals surface area contributed by atoms with Crippen molar-refractivity contribution in [1.29, 1.82) is 0 Å². The van der Waals surface area contributed by atoms with Crippen LogP contribution in [0.3, 0.4) is 0 Å². The van der Waals surface area contributed by atoms with E-state index in [1.807, 2.05) is 19.9 Å². The van der Waals surface area contributed by atoms with E-state index in [4.69, 9.17) is 5.11 Å². The molecule has 0 aliphatic rings. The Kier molecular flexibility index (Phi) is 4.66. The molecule has 0 bridgehead atoms. The maximum absolute atomic E-state index is 11.0. The van der Waals surface area contributed by atoms with E-state index in [2.05, 4.69) is 5.32 Å². The third kappa shape index (κ3) is 3.54. The Morgan fingerprint density at radius 3 is 2.59 bits per heavy atom. The van der Waals surface area contributed by atoms with Crippen molar-refractivity contribution in [2.24, 2.45) is 0 Å². The van der Waals surface area contributed by atoms with E-state index in [1.54, 1.807) is 18.2 Å². The zero-order valence-corrected chi connectivity index (χ0v) is 10.2. The van der Waals surface area contributed by atoms with Crippen LogP contribution in [0.1, 0.15) is 36.2 Å². The summed E-state index contributed by atoms with van der Waals surface area (Å²) in [4.78, 5) is 11.0. The number of aliphatic hydroxyl groups is 1. The topological polar surface area (TPSA) is 69.6 Å². The molecule has 0 radical (unpaired) electrons. The largest absolute Gasteiger partial charge is 0.478 e. The summed E-state index contributed by atoms with van der Waals surface area (Å²) in [5.74, 6) is -0.926. The zero-order chi connectivity index (χ0) is 12.9. The van der Waals surface area contributed by atoms with Gasteiger partial charge < -0.3 is 15.5 Å². The Hall–Kier alpha value is -1.39. The Morgan fingerprint density at radius 2 is 2.06 bits per heavy atom. The van der Waals surface area contributed by atoms with Crippen LogP contribution in [0.25, 0.3) is 0 Å². The van der Waals surface area contributed by atoms with E-state index >= 15 is 0 Å². The van der Waals surface area contributed by atoms with Crippen molar-refractivity contribution in [3.05, 3.63) is 35.4 Å². The lowest BCUT2D eigenvalue weighted by Gasteiger charge is -2.27. The molecule has 3 N–H and O–H groups in total. The number of aromatic carboxylic acids is 1. The number of hydrogen-bond donors (Lipinski definition) is 3. The Labute approximate surface area is 101 Å². The van der Waals surface area contributed by atoms with Crippen LogP contribution in [0.2, 0.25) is 0 Å². The molecule has 1 aromatic carbocycles. The summed E-state index contributed by atoms with van der Waals surface area (Å²) in [6.45, 7) is 4.36. The number of hydrogen-bond acceptors (Lipinski definition) is 3. The first-order chi connectivity index (χ1) is 8.02. The summed E-state index contributed by atoms with van der Waals surface area (Å²) in [5, 5.41) is 21.5. The maximum Gasteiger partial charge on any atom is 0.336 e. The minimum atomic E-state index is -0.926. The number of carbonyl (C=O) groups is 1. The third-order valence-corrected chi connectivity index (χ3v) is 3.08. The second-order valence-electron chi connectivity index (χ2n) is 4.39. The number of rotatable bonds is 6. The number of benzene rings is 1. The van der Waals surface area contributed by atoms with Crippen molar-refractivity contribution in [2.75, 3.05) is 6.61 Å². The van der Waals surface area contributed by atoms with Gasteiger partial charge in [0.2, 0.25) is 0 Å². The summed E-state index contributed by atoms with van der Waals surface area (Å²) in [6.07, 6.45) is 0.777. The van der Waals surface area contributed by atoms with Gasteiger partial charge in [0.15, 0.2) is 0 Å². The van der Waals surface area contributed by atoms with E-state index in [1.165, 1.54) is 0 Å². The van der Waals surface area contributed by atoms with Gasteiger partial charge in [0.05, 0.1) is 12.2 Å². The number of carboxylic acid groups (broad SMARTS) is 1. The average molecular weight is 237 g/mol. The molecule has 0 saturated carbocycles. The molecular weight excluding hydrogens is 218 g/mol. The van der Waals surface area contributed by atoms with Gasteiger partial charge in [0.1, 0.15) is 0 Å². The fourth-order valence-corrected chi connectivity index (χ4v) is 1.48. The highest BCUT2D eigenvalue weighted by Gasteiger charge is 2.20. The van der Waals surface area contributed by atoms with Crippen molar-refractivity contribution < 1.29 is 15.0 Å². The van der Waals surface area contributed by atoms with E-state index in [-0.39, 0.29) is 12.1 Å². The van der Waals surface area contributed by atoms with Crippen LogP contribution in [0.4, 0.5) is 0 Å². The number of aliphatic hydroxyl groups excluding tert-OH is 1. The lowest BCUT2D eigenvalue weighted by atomic mass is 9.99.